The number of aromatic hydroxyl groups is 3. The van der Waals surface area contributed by atoms with Crippen molar-refractivity contribution in [3.8, 4) is 23.0 Å². The summed E-state index contributed by atoms with van der Waals surface area (Å²) in [6.45, 7) is -1.28. The quantitative estimate of drug-likeness (QED) is 0.137. The Bertz CT molecular complexity index is 1190. The Hall–Kier alpha value is -3.82. The van der Waals surface area contributed by atoms with Crippen LogP contribution in [0.1, 0.15) is 27.9 Å². The fourth-order valence-electron chi connectivity index (χ4n) is 4.16. The second-order valence-electron chi connectivity index (χ2n) is 9.20. The molecule has 0 amide bonds. The number of aliphatic hydroxyl groups excluding tert-OH is 3. The molecule has 39 heavy (non-hydrogen) atoms. The van der Waals surface area contributed by atoms with Crippen LogP contribution in [-0.2, 0) is 22.5 Å². The van der Waals surface area contributed by atoms with E-state index in [0.717, 1.165) is 6.07 Å². The van der Waals surface area contributed by atoms with Gasteiger partial charge in [0.1, 0.15) is 59.5 Å². The van der Waals surface area contributed by atoms with Crippen LogP contribution in [-0.4, -0.2) is 103 Å². The number of ketones is 1. The van der Waals surface area contributed by atoms with Crippen molar-refractivity contribution in [1.82, 2.24) is 4.90 Å². The topological polar surface area (TPSA) is 227 Å². The number of likely N-dealkylation sites (N-methyl/N-ethyl adjacent to an activating group) is 1. The minimum absolute atomic E-state index is 0.0356. The van der Waals surface area contributed by atoms with E-state index in [4.69, 9.17) is 14.6 Å². The van der Waals surface area contributed by atoms with Crippen LogP contribution in [0.5, 0.6) is 23.0 Å². The first kappa shape index (κ1) is 29.7. The molecule has 0 spiro atoms. The van der Waals surface area contributed by atoms with Gasteiger partial charge in [-0.25, -0.2) is 0 Å². The van der Waals surface area contributed by atoms with Gasteiger partial charge in [0, 0.05) is 19.0 Å². The third-order valence-electron chi connectivity index (χ3n) is 6.20. The molecule has 0 bridgehead atoms. The van der Waals surface area contributed by atoms with Crippen molar-refractivity contribution in [3.63, 3.8) is 0 Å². The van der Waals surface area contributed by atoms with Gasteiger partial charge >= 0.3 is 5.97 Å². The molecule has 1 unspecified atom stereocenters. The van der Waals surface area contributed by atoms with E-state index in [1.165, 1.54) is 24.1 Å². The van der Waals surface area contributed by atoms with E-state index in [0.29, 0.717) is 5.56 Å². The predicted octanol–water partition coefficient (Wildman–Crippen LogP) is 0.0881. The molecule has 2 aromatic rings. The Labute approximate surface area is 222 Å². The molecule has 1 aliphatic heterocycles. The highest BCUT2D eigenvalue weighted by Gasteiger charge is 2.45. The number of carbonyl (C=O) groups excluding carboxylic acids is 1. The number of ether oxygens (including phenoxy) is 2. The summed E-state index contributed by atoms with van der Waals surface area (Å²) in [5.74, 6) is -3.48. The summed E-state index contributed by atoms with van der Waals surface area (Å²) in [5, 5.41) is 73.4. The number of benzene rings is 2. The molecule has 1 saturated heterocycles. The summed E-state index contributed by atoms with van der Waals surface area (Å²) in [5.41, 5.74) is 0.116. The summed E-state index contributed by atoms with van der Waals surface area (Å²) in [4.78, 5) is 36.4. The van der Waals surface area contributed by atoms with Gasteiger partial charge in [-0.3, -0.25) is 14.5 Å². The summed E-state index contributed by atoms with van der Waals surface area (Å²) >= 11 is 0. The third kappa shape index (κ3) is 7.19. The third-order valence-corrected chi connectivity index (χ3v) is 6.20. The number of rotatable bonds is 12. The number of phenols is 3. The number of nitrogens with zero attached hydrogens (tertiary/aromatic N) is 2. The van der Waals surface area contributed by atoms with Crippen LogP contribution in [0, 0.1) is 4.91 Å². The number of carboxylic acid groups (broad SMARTS) is 1. The van der Waals surface area contributed by atoms with E-state index >= 15 is 0 Å². The Kier molecular flexibility index (Phi) is 9.77. The van der Waals surface area contributed by atoms with Crippen LogP contribution in [0.4, 0.5) is 0 Å². The van der Waals surface area contributed by atoms with E-state index in [1.54, 1.807) is 12.1 Å². The van der Waals surface area contributed by atoms with Crippen molar-refractivity contribution in [2.75, 3.05) is 20.1 Å². The van der Waals surface area contributed by atoms with Crippen molar-refractivity contribution in [1.29, 1.82) is 0 Å². The lowest BCUT2D eigenvalue weighted by Gasteiger charge is -2.39. The zero-order chi connectivity index (χ0) is 28.9. The highest BCUT2D eigenvalue weighted by atomic mass is 16.7. The van der Waals surface area contributed by atoms with Gasteiger partial charge in [0.25, 0.3) is 0 Å². The van der Waals surface area contributed by atoms with Crippen LogP contribution in [0.15, 0.2) is 35.5 Å². The molecule has 2 aromatic carbocycles. The smallest absolute Gasteiger partial charge is 0.317 e. The molecule has 5 atom stereocenters. The maximum absolute atomic E-state index is 13.3. The summed E-state index contributed by atoms with van der Waals surface area (Å²) in [6.07, 6.45) is -8.41. The number of carboxylic acids is 1. The number of aryl methyl sites for hydroxylation is 1. The number of nitroso groups, excluding NO2 is 1. The Morgan fingerprint density at radius 1 is 1.05 bits per heavy atom. The predicted molar refractivity (Wildman–Crippen MR) is 132 cm³/mol. The van der Waals surface area contributed by atoms with Crippen LogP contribution in [0.25, 0.3) is 0 Å². The highest BCUT2D eigenvalue weighted by Crippen LogP contribution is 2.41. The first-order chi connectivity index (χ1) is 18.4. The number of aliphatic carboxylic acids is 1. The first-order valence-corrected chi connectivity index (χ1v) is 11.9. The second-order valence-corrected chi connectivity index (χ2v) is 9.20. The van der Waals surface area contributed by atoms with Crippen molar-refractivity contribution < 1.29 is 54.8 Å². The Morgan fingerprint density at radius 2 is 1.72 bits per heavy atom. The maximum Gasteiger partial charge on any atom is 0.317 e. The van der Waals surface area contributed by atoms with Gasteiger partial charge in [-0.1, -0.05) is 17.3 Å². The summed E-state index contributed by atoms with van der Waals surface area (Å²) in [7, 11) is 1.42. The molecule has 14 nitrogen and oxygen atoms in total. The largest absolute Gasteiger partial charge is 0.508 e. The first-order valence-electron chi connectivity index (χ1n) is 11.9. The lowest BCUT2D eigenvalue weighted by Crippen LogP contribution is -2.59. The van der Waals surface area contributed by atoms with E-state index < -0.39 is 78.4 Å². The van der Waals surface area contributed by atoms with Gasteiger partial charge in [0.15, 0.2) is 5.78 Å². The summed E-state index contributed by atoms with van der Waals surface area (Å²) < 4.78 is 11.0. The fraction of sp³-hybridized carbons (Fsp3) is 0.440. The summed E-state index contributed by atoms with van der Waals surface area (Å²) in [6, 6.07) is 7.05. The molecule has 0 radical (unpaired) electrons. The molecular weight excluding hydrogens is 520 g/mol. The van der Waals surface area contributed by atoms with Gasteiger partial charge < -0.3 is 45.2 Å². The van der Waals surface area contributed by atoms with E-state index in [-0.39, 0.29) is 30.7 Å². The van der Waals surface area contributed by atoms with Gasteiger partial charge in [0.2, 0.25) is 6.29 Å². The van der Waals surface area contributed by atoms with Crippen molar-refractivity contribution >= 4 is 11.8 Å². The number of phenolic OH excluding ortho intramolecular Hbond substituents is 3. The van der Waals surface area contributed by atoms with Crippen LogP contribution < -0.4 is 4.74 Å². The lowest BCUT2D eigenvalue weighted by molar-refractivity contribution is -0.269. The molecule has 7 N–H and O–H groups in total. The van der Waals surface area contributed by atoms with Crippen LogP contribution in [0.2, 0.25) is 0 Å². The molecule has 212 valence electrons. The lowest BCUT2D eigenvalue weighted by atomic mass is 9.97. The second kappa shape index (κ2) is 12.8. The van der Waals surface area contributed by atoms with E-state index in [9.17, 15) is 45.1 Å². The molecule has 1 heterocycles. The number of aliphatic hydroxyl groups is 3. The van der Waals surface area contributed by atoms with E-state index in [1.807, 2.05) is 0 Å². The molecule has 1 aliphatic rings. The SMILES string of the molecule is CN(CC(=O)O)Cc1c(O)cc(O[C@@H]2OC(CN=O)[C@@H](O)[C@H](O)[C@H]2O)c(C(=O)CCc2ccc(O)cc2)c1O. The maximum atomic E-state index is 13.3. The monoisotopic (exact) mass is 550 g/mol. The zero-order valence-electron chi connectivity index (χ0n) is 20.9. The molecule has 3 rings (SSSR count). The fourth-order valence-corrected chi connectivity index (χ4v) is 4.16. The number of carbonyl (C=O) groups is 2. The van der Waals surface area contributed by atoms with Crippen molar-refractivity contribution in [2.45, 2.75) is 50.1 Å². The zero-order valence-corrected chi connectivity index (χ0v) is 20.9. The number of hydrogen-bond acceptors (Lipinski definition) is 13. The van der Waals surface area contributed by atoms with Gasteiger partial charge in [-0.15, -0.1) is 0 Å². The van der Waals surface area contributed by atoms with E-state index in [2.05, 4.69) is 5.18 Å². The number of Topliss-reactive ketones (excluding diaryl/α,β-unsaturated/α-hetero) is 1. The standard InChI is InChI=1S/C25H30N2O12/c1-27(11-19(31)32)10-14-16(30)8-17(38-25-24(36)23(35)22(34)18(39-25)9-26-37)20(21(14)33)15(29)7-4-12-2-5-13(28)6-3-12/h2-3,5-6,8,18,22-25,28,30,33-36H,4,7,9-11H2,1H3,(H,31,32)/t18?,22-,23+,24-,25-/m1/s1. The Balaban J connectivity index is 1.97. The minimum Gasteiger partial charge on any atom is -0.508 e. The average molecular weight is 551 g/mol. The van der Waals surface area contributed by atoms with Gasteiger partial charge in [-0.2, -0.15) is 4.91 Å². The molecule has 1 fully saturated rings. The molecule has 0 aromatic heterocycles. The number of hydrogen-bond donors (Lipinski definition) is 7. The minimum atomic E-state index is -1.85. The van der Waals surface area contributed by atoms with Crippen LogP contribution >= 0.6 is 0 Å². The molecule has 0 aliphatic carbocycles. The normalized spacial score (nSPS) is 22.9. The molecular formula is C25H30N2O12. The van der Waals surface area contributed by atoms with Gasteiger partial charge in [-0.05, 0) is 31.2 Å². The highest BCUT2D eigenvalue weighted by molar-refractivity contribution is 6.02. The Morgan fingerprint density at radius 3 is 2.33 bits per heavy atom. The van der Waals surface area contributed by atoms with Crippen molar-refractivity contribution in [3.05, 3.63) is 51.9 Å². The van der Waals surface area contributed by atoms with Crippen molar-refractivity contribution in [2.24, 2.45) is 5.18 Å². The van der Waals surface area contributed by atoms with Gasteiger partial charge in [0.05, 0.1) is 12.1 Å². The average Bonchev–Trinajstić information content (AvgIpc) is 2.87. The molecule has 0 saturated carbocycles. The molecule has 14 heteroatoms. The van der Waals surface area contributed by atoms with Crippen LogP contribution in [0.3, 0.4) is 0 Å².